The number of hydrogen-bond donors (Lipinski definition) is 0. The van der Waals surface area contributed by atoms with Crippen molar-refractivity contribution in [1.82, 2.24) is 0 Å². The Morgan fingerprint density at radius 2 is 1.26 bits per heavy atom. The lowest BCUT2D eigenvalue weighted by Gasteiger charge is -2.06. The molecule has 0 aliphatic heterocycles. The average molecular weight is 513 g/mol. The Bertz CT molecular complexity index is 1510. The molecule has 0 spiro atoms. The van der Waals surface area contributed by atoms with Crippen LogP contribution in [0.15, 0.2) is 91.0 Å². The maximum absolute atomic E-state index is 15.2. The number of benzene rings is 4. The average Bonchev–Trinajstić information content (AvgIpc) is 2.97. The smallest absolute Gasteiger partial charge is 0.146 e. The van der Waals surface area contributed by atoms with Crippen molar-refractivity contribution in [3.8, 4) is 23.7 Å². The van der Waals surface area contributed by atoms with Crippen LogP contribution in [0.1, 0.15) is 85.8 Å². The number of aryl methyl sites for hydroxylation is 2. The van der Waals surface area contributed by atoms with Crippen molar-refractivity contribution in [2.24, 2.45) is 0 Å². The van der Waals surface area contributed by atoms with Crippen molar-refractivity contribution in [3.63, 3.8) is 0 Å². The topological polar surface area (TPSA) is 0 Å². The fourth-order valence-corrected chi connectivity index (χ4v) is 4.62. The van der Waals surface area contributed by atoms with Gasteiger partial charge >= 0.3 is 0 Å². The van der Waals surface area contributed by atoms with Gasteiger partial charge < -0.3 is 0 Å². The molecule has 0 aromatic heterocycles. The van der Waals surface area contributed by atoms with Gasteiger partial charge in [0.15, 0.2) is 0 Å². The molecule has 0 radical (unpaired) electrons. The van der Waals surface area contributed by atoms with Crippen LogP contribution in [0.25, 0.3) is 10.8 Å². The van der Waals surface area contributed by atoms with Crippen molar-refractivity contribution in [2.75, 3.05) is 0 Å². The van der Waals surface area contributed by atoms with Crippen LogP contribution < -0.4 is 0 Å². The summed E-state index contributed by atoms with van der Waals surface area (Å²) in [5.74, 6) is 12.3. The van der Waals surface area contributed by atoms with E-state index in [1.165, 1.54) is 43.2 Å². The second-order valence-electron chi connectivity index (χ2n) is 10.0. The highest BCUT2D eigenvalue weighted by molar-refractivity contribution is 5.85. The quantitative estimate of drug-likeness (QED) is 0.119. The van der Waals surface area contributed by atoms with Crippen LogP contribution in [0.3, 0.4) is 0 Å². The zero-order valence-electron chi connectivity index (χ0n) is 23.2. The number of rotatable bonds is 9. The minimum atomic E-state index is -0.246. The Kier molecular flexibility index (Phi) is 10.6. The maximum atomic E-state index is 15.2. The van der Waals surface area contributed by atoms with Crippen molar-refractivity contribution < 1.29 is 4.39 Å². The zero-order chi connectivity index (χ0) is 27.3. The predicted octanol–water partition coefficient (Wildman–Crippen LogP) is 9.80. The SMILES string of the molecule is C/C=C/CCc1ccc(C#Cc2ccc(C#Cc3ccc4cc(CCCCCCC)ccc4c3F)cc2)cc1. The van der Waals surface area contributed by atoms with Crippen LogP contribution in [0.2, 0.25) is 0 Å². The molecular formula is C38H37F. The summed E-state index contributed by atoms with van der Waals surface area (Å²) in [5.41, 5.74) is 5.78. The highest BCUT2D eigenvalue weighted by Crippen LogP contribution is 2.23. The molecule has 0 aliphatic rings. The number of allylic oxidation sites excluding steroid dienone is 2. The molecule has 39 heavy (non-hydrogen) atoms. The van der Waals surface area contributed by atoms with Crippen molar-refractivity contribution in [2.45, 2.75) is 65.2 Å². The van der Waals surface area contributed by atoms with Crippen LogP contribution >= 0.6 is 0 Å². The van der Waals surface area contributed by atoms with E-state index in [4.69, 9.17) is 0 Å². The summed E-state index contributed by atoms with van der Waals surface area (Å²) >= 11 is 0. The molecule has 4 aromatic carbocycles. The molecule has 0 aliphatic carbocycles. The molecule has 4 rings (SSSR count). The first-order valence-corrected chi connectivity index (χ1v) is 14.2. The summed E-state index contributed by atoms with van der Waals surface area (Å²) < 4.78 is 15.2. The summed E-state index contributed by atoms with van der Waals surface area (Å²) in [6, 6.07) is 26.1. The van der Waals surface area contributed by atoms with E-state index in [0.29, 0.717) is 10.9 Å². The van der Waals surface area contributed by atoms with Crippen LogP contribution in [0.5, 0.6) is 0 Å². The van der Waals surface area contributed by atoms with E-state index in [1.807, 2.05) is 43.3 Å². The lowest BCUT2D eigenvalue weighted by atomic mass is 10.00. The van der Waals surface area contributed by atoms with Crippen LogP contribution in [0, 0.1) is 29.5 Å². The van der Waals surface area contributed by atoms with Gasteiger partial charge in [-0.15, -0.1) is 0 Å². The molecule has 0 unspecified atom stereocenters. The first kappa shape index (κ1) is 28.0. The van der Waals surface area contributed by atoms with Crippen LogP contribution in [0.4, 0.5) is 4.39 Å². The highest BCUT2D eigenvalue weighted by Gasteiger charge is 2.07. The highest BCUT2D eigenvalue weighted by atomic mass is 19.1. The fourth-order valence-electron chi connectivity index (χ4n) is 4.62. The lowest BCUT2D eigenvalue weighted by molar-refractivity contribution is 0.631. The van der Waals surface area contributed by atoms with E-state index in [1.54, 1.807) is 6.07 Å². The third-order valence-corrected chi connectivity index (χ3v) is 6.95. The van der Waals surface area contributed by atoms with Crippen molar-refractivity contribution >= 4 is 10.8 Å². The Balaban J connectivity index is 1.38. The van der Waals surface area contributed by atoms with Gasteiger partial charge in [-0.2, -0.15) is 0 Å². The number of unbranched alkanes of at least 4 members (excludes halogenated alkanes) is 4. The van der Waals surface area contributed by atoms with Gasteiger partial charge in [0, 0.05) is 22.1 Å². The Morgan fingerprint density at radius 3 is 1.92 bits per heavy atom. The van der Waals surface area contributed by atoms with Gasteiger partial charge in [-0.05, 0) is 91.6 Å². The summed E-state index contributed by atoms with van der Waals surface area (Å²) in [7, 11) is 0. The first-order valence-electron chi connectivity index (χ1n) is 14.2. The van der Waals surface area contributed by atoms with Gasteiger partial charge in [-0.25, -0.2) is 4.39 Å². The van der Waals surface area contributed by atoms with Gasteiger partial charge in [-0.3, -0.25) is 0 Å². The second-order valence-corrected chi connectivity index (χ2v) is 10.0. The Morgan fingerprint density at radius 1 is 0.641 bits per heavy atom. The molecule has 0 N–H and O–H groups in total. The summed E-state index contributed by atoms with van der Waals surface area (Å²) in [5, 5.41) is 1.57. The molecule has 0 heterocycles. The fraction of sp³-hybridized carbons (Fsp3) is 0.263. The Labute approximate surface area is 234 Å². The normalized spacial score (nSPS) is 10.7. The predicted molar refractivity (Wildman–Crippen MR) is 164 cm³/mol. The molecule has 0 nitrogen and oxygen atoms in total. The van der Waals surface area contributed by atoms with Gasteiger partial charge in [0.2, 0.25) is 0 Å². The van der Waals surface area contributed by atoms with Crippen LogP contribution in [-0.4, -0.2) is 0 Å². The Hall–Kier alpha value is -4.07. The molecular weight excluding hydrogens is 475 g/mol. The van der Waals surface area contributed by atoms with E-state index < -0.39 is 0 Å². The number of hydrogen-bond acceptors (Lipinski definition) is 0. The molecule has 0 amide bonds. The minimum absolute atomic E-state index is 0.246. The monoisotopic (exact) mass is 512 g/mol. The molecule has 0 saturated carbocycles. The lowest BCUT2D eigenvalue weighted by Crippen LogP contribution is -1.90. The van der Waals surface area contributed by atoms with Gasteiger partial charge in [0.1, 0.15) is 5.82 Å². The third kappa shape index (κ3) is 8.46. The molecule has 0 saturated heterocycles. The second kappa shape index (κ2) is 14.8. The third-order valence-electron chi connectivity index (χ3n) is 6.95. The summed E-state index contributed by atoms with van der Waals surface area (Å²) in [6.45, 7) is 4.28. The van der Waals surface area contributed by atoms with E-state index >= 15 is 4.39 Å². The first-order chi connectivity index (χ1) is 19.2. The molecule has 196 valence electrons. The molecule has 1 heteroatoms. The number of fused-ring (bicyclic) bond motifs is 1. The van der Waals surface area contributed by atoms with E-state index in [2.05, 4.69) is 79.2 Å². The van der Waals surface area contributed by atoms with Gasteiger partial charge in [0.25, 0.3) is 0 Å². The van der Waals surface area contributed by atoms with Crippen molar-refractivity contribution in [3.05, 3.63) is 130 Å². The number of halogens is 1. The van der Waals surface area contributed by atoms with E-state index in [0.717, 1.165) is 41.3 Å². The van der Waals surface area contributed by atoms with Gasteiger partial charge in [0.05, 0.1) is 5.56 Å². The molecule has 0 fully saturated rings. The maximum Gasteiger partial charge on any atom is 0.146 e. The summed E-state index contributed by atoms with van der Waals surface area (Å²) in [6.07, 6.45) is 13.7. The standard InChI is InChI=1S/C38H37F/c1-3-5-7-8-10-12-34-24-28-37-36(29-34)27-26-35(38(37)39)25-23-33-21-19-32(20-22-33)18-17-31-15-13-30(14-16-31)11-9-6-4-2/h4,6,13-16,19-22,24,26-29H,3,5,7-12H2,1-2H3/b6-4+. The zero-order valence-corrected chi connectivity index (χ0v) is 23.2. The van der Waals surface area contributed by atoms with Crippen LogP contribution in [-0.2, 0) is 12.8 Å². The minimum Gasteiger partial charge on any atom is -0.205 e. The summed E-state index contributed by atoms with van der Waals surface area (Å²) in [4.78, 5) is 0. The van der Waals surface area contributed by atoms with Crippen molar-refractivity contribution in [1.29, 1.82) is 0 Å². The van der Waals surface area contributed by atoms with Gasteiger partial charge in [-0.1, -0.05) is 105 Å². The molecule has 0 bridgehead atoms. The molecule has 0 atom stereocenters. The van der Waals surface area contributed by atoms with E-state index in [-0.39, 0.29) is 5.82 Å². The molecule has 4 aromatic rings. The van der Waals surface area contributed by atoms with E-state index in [9.17, 15) is 0 Å². The largest absolute Gasteiger partial charge is 0.205 e.